The van der Waals surface area contributed by atoms with E-state index in [2.05, 4.69) is 0 Å². The molecule has 5 heteroatoms. The Labute approximate surface area is 103 Å². The molecule has 16 heavy (non-hydrogen) atoms. The molecule has 1 saturated carbocycles. The second-order valence-corrected chi connectivity index (χ2v) is 4.25. The largest absolute Gasteiger partial charge is 0.464 e. The fraction of sp³-hybridized carbons (Fsp3) is 0.909. The molecule has 0 spiro atoms. The van der Waals surface area contributed by atoms with E-state index in [1.54, 1.807) is 6.92 Å². The van der Waals surface area contributed by atoms with E-state index < -0.39 is 18.1 Å². The molecule has 3 N–H and O–H groups in total. The fourth-order valence-electron chi connectivity index (χ4n) is 2.16. The van der Waals surface area contributed by atoms with Crippen LogP contribution in [-0.4, -0.2) is 29.8 Å². The summed E-state index contributed by atoms with van der Waals surface area (Å²) in [5.41, 5.74) is 5.78. The molecule has 2 unspecified atom stereocenters. The number of esters is 1. The smallest absolute Gasteiger partial charge is 0.336 e. The molecule has 0 bridgehead atoms. The van der Waals surface area contributed by atoms with Gasteiger partial charge in [0.1, 0.15) is 0 Å². The predicted octanol–water partition coefficient (Wildman–Crippen LogP) is 1.24. The van der Waals surface area contributed by atoms with Crippen molar-refractivity contribution >= 4 is 18.4 Å². The van der Waals surface area contributed by atoms with Crippen molar-refractivity contribution in [2.45, 2.75) is 51.2 Å². The van der Waals surface area contributed by atoms with E-state index in [1.807, 2.05) is 0 Å². The van der Waals surface area contributed by atoms with Gasteiger partial charge in [0.25, 0.3) is 0 Å². The molecule has 1 aliphatic carbocycles. The first kappa shape index (κ1) is 15.7. The van der Waals surface area contributed by atoms with Crippen LogP contribution in [0.15, 0.2) is 0 Å². The third-order valence-corrected chi connectivity index (χ3v) is 3.01. The van der Waals surface area contributed by atoms with Crippen LogP contribution in [-0.2, 0) is 9.53 Å². The fourth-order valence-corrected chi connectivity index (χ4v) is 2.16. The molecule has 0 heterocycles. The maximum absolute atomic E-state index is 11.2. The number of halogens is 1. The summed E-state index contributed by atoms with van der Waals surface area (Å²) in [6.07, 6.45) is 4.39. The number of aliphatic hydroxyl groups excluding tert-OH is 1. The predicted molar refractivity (Wildman–Crippen MR) is 64.4 cm³/mol. The van der Waals surface area contributed by atoms with Gasteiger partial charge in [-0.3, -0.25) is 0 Å². The summed E-state index contributed by atoms with van der Waals surface area (Å²) in [4.78, 5) is 11.2. The lowest BCUT2D eigenvalue weighted by Crippen LogP contribution is -2.42. The lowest BCUT2D eigenvalue weighted by atomic mass is 9.96. The summed E-state index contributed by atoms with van der Waals surface area (Å²) in [7, 11) is 0. The van der Waals surface area contributed by atoms with E-state index in [-0.39, 0.29) is 19.0 Å². The van der Waals surface area contributed by atoms with Gasteiger partial charge in [0.05, 0.1) is 6.61 Å². The number of nitrogens with two attached hydrogens (primary N) is 1. The molecule has 0 aromatic rings. The van der Waals surface area contributed by atoms with Gasteiger partial charge in [0.15, 0.2) is 6.10 Å². The van der Waals surface area contributed by atoms with E-state index in [1.165, 1.54) is 25.7 Å². The standard InChI is InChI=1S/C11H21NO3.ClH/c1-2-15-11(14)10(13)9(12)7-8-5-3-4-6-8;/h8-10,13H,2-7,12H2,1H3;1H. The average molecular weight is 252 g/mol. The van der Waals surface area contributed by atoms with Crippen molar-refractivity contribution < 1.29 is 14.6 Å². The minimum Gasteiger partial charge on any atom is -0.464 e. The molecular weight excluding hydrogens is 230 g/mol. The van der Waals surface area contributed by atoms with Gasteiger partial charge in [-0.25, -0.2) is 4.79 Å². The third kappa shape index (κ3) is 4.68. The van der Waals surface area contributed by atoms with Crippen molar-refractivity contribution in [2.24, 2.45) is 11.7 Å². The molecule has 1 aliphatic rings. The number of carbonyl (C=O) groups excluding carboxylic acids is 1. The first-order valence-corrected chi connectivity index (χ1v) is 5.75. The Hall–Kier alpha value is -0.320. The van der Waals surface area contributed by atoms with Crippen molar-refractivity contribution in [3.05, 3.63) is 0 Å². The van der Waals surface area contributed by atoms with Gasteiger partial charge in [0.2, 0.25) is 0 Å². The van der Waals surface area contributed by atoms with Gasteiger partial charge in [0, 0.05) is 6.04 Å². The summed E-state index contributed by atoms with van der Waals surface area (Å²) < 4.78 is 4.72. The van der Waals surface area contributed by atoms with Crippen LogP contribution in [0.2, 0.25) is 0 Å². The molecular formula is C11H22ClNO3. The Kier molecular flexibility index (Phi) is 7.72. The molecule has 0 radical (unpaired) electrons. The molecule has 0 amide bonds. The van der Waals surface area contributed by atoms with Gasteiger partial charge in [-0.1, -0.05) is 25.7 Å². The zero-order chi connectivity index (χ0) is 11.3. The number of hydrogen-bond donors (Lipinski definition) is 2. The zero-order valence-electron chi connectivity index (χ0n) is 9.72. The van der Waals surface area contributed by atoms with Crippen LogP contribution in [0, 0.1) is 5.92 Å². The van der Waals surface area contributed by atoms with Crippen molar-refractivity contribution in [2.75, 3.05) is 6.61 Å². The van der Waals surface area contributed by atoms with E-state index in [4.69, 9.17) is 10.5 Å². The Balaban J connectivity index is 0.00000225. The van der Waals surface area contributed by atoms with Crippen LogP contribution >= 0.6 is 12.4 Å². The second kappa shape index (κ2) is 7.87. The Bertz CT molecular complexity index is 207. The summed E-state index contributed by atoms with van der Waals surface area (Å²) in [6.45, 7) is 2.00. The summed E-state index contributed by atoms with van der Waals surface area (Å²) >= 11 is 0. The third-order valence-electron chi connectivity index (χ3n) is 3.01. The van der Waals surface area contributed by atoms with E-state index in [9.17, 15) is 9.90 Å². The van der Waals surface area contributed by atoms with Crippen LogP contribution in [0.25, 0.3) is 0 Å². The van der Waals surface area contributed by atoms with E-state index in [0.717, 1.165) is 6.42 Å². The summed E-state index contributed by atoms with van der Waals surface area (Å²) in [5, 5.41) is 9.58. The first-order chi connectivity index (χ1) is 7.15. The molecule has 2 atom stereocenters. The van der Waals surface area contributed by atoms with Crippen LogP contribution in [0.4, 0.5) is 0 Å². The molecule has 1 fully saturated rings. The maximum atomic E-state index is 11.2. The van der Waals surface area contributed by atoms with Gasteiger partial charge in [-0.2, -0.15) is 0 Å². The molecule has 96 valence electrons. The SMILES string of the molecule is CCOC(=O)C(O)C(N)CC1CCCC1.Cl. The first-order valence-electron chi connectivity index (χ1n) is 5.75. The number of carbonyl (C=O) groups is 1. The maximum Gasteiger partial charge on any atom is 0.336 e. The monoisotopic (exact) mass is 251 g/mol. The quantitative estimate of drug-likeness (QED) is 0.721. The highest BCUT2D eigenvalue weighted by Crippen LogP contribution is 2.28. The van der Waals surface area contributed by atoms with Crippen LogP contribution in [0.3, 0.4) is 0 Å². The van der Waals surface area contributed by atoms with E-state index in [0.29, 0.717) is 5.92 Å². The minimum atomic E-state index is -1.16. The highest BCUT2D eigenvalue weighted by molar-refractivity contribution is 5.85. The van der Waals surface area contributed by atoms with Gasteiger partial charge in [-0.05, 0) is 19.3 Å². The molecule has 0 saturated heterocycles. The van der Waals surface area contributed by atoms with Crippen LogP contribution in [0.5, 0.6) is 0 Å². The van der Waals surface area contributed by atoms with Gasteiger partial charge in [-0.15, -0.1) is 12.4 Å². The van der Waals surface area contributed by atoms with Crippen LogP contribution < -0.4 is 5.73 Å². The Morgan fingerprint density at radius 2 is 2.06 bits per heavy atom. The van der Waals surface area contributed by atoms with E-state index >= 15 is 0 Å². The number of hydrogen-bond acceptors (Lipinski definition) is 4. The summed E-state index contributed by atoms with van der Waals surface area (Å²) in [5.74, 6) is -0.0212. The normalized spacial score (nSPS) is 19.9. The summed E-state index contributed by atoms with van der Waals surface area (Å²) in [6, 6.07) is -0.479. The molecule has 0 aromatic carbocycles. The second-order valence-electron chi connectivity index (χ2n) is 4.25. The highest BCUT2D eigenvalue weighted by atomic mass is 35.5. The van der Waals surface area contributed by atoms with Gasteiger partial charge >= 0.3 is 5.97 Å². The molecule has 0 aliphatic heterocycles. The Morgan fingerprint density at radius 1 is 1.50 bits per heavy atom. The van der Waals surface area contributed by atoms with Crippen LogP contribution in [0.1, 0.15) is 39.0 Å². The molecule has 1 rings (SSSR count). The van der Waals surface area contributed by atoms with Gasteiger partial charge < -0.3 is 15.6 Å². The minimum absolute atomic E-state index is 0. The van der Waals surface area contributed by atoms with Crippen molar-refractivity contribution in [3.63, 3.8) is 0 Å². The molecule has 4 nitrogen and oxygen atoms in total. The van der Waals surface area contributed by atoms with Crippen molar-refractivity contribution in [3.8, 4) is 0 Å². The Morgan fingerprint density at radius 3 is 2.56 bits per heavy atom. The van der Waals surface area contributed by atoms with Crippen molar-refractivity contribution in [1.82, 2.24) is 0 Å². The zero-order valence-corrected chi connectivity index (χ0v) is 10.5. The number of rotatable bonds is 5. The number of ether oxygens (including phenoxy) is 1. The number of aliphatic hydroxyl groups is 1. The molecule has 0 aromatic heterocycles. The lowest BCUT2D eigenvalue weighted by Gasteiger charge is -2.20. The topological polar surface area (TPSA) is 72.5 Å². The lowest BCUT2D eigenvalue weighted by molar-refractivity contribution is -0.154. The highest BCUT2D eigenvalue weighted by Gasteiger charge is 2.27. The van der Waals surface area contributed by atoms with Crippen molar-refractivity contribution in [1.29, 1.82) is 0 Å². The average Bonchev–Trinajstić information content (AvgIpc) is 2.69.